The van der Waals surface area contributed by atoms with Gasteiger partial charge in [0.15, 0.2) is 0 Å². The van der Waals surface area contributed by atoms with E-state index in [0.29, 0.717) is 42.3 Å². The van der Waals surface area contributed by atoms with E-state index in [4.69, 9.17) is 21.6 Å². The number of nitriles is 1. The van der Waals surface area contributed by atoms with Gasteiger partial charge in [0.05, 0.1) is 36.1 Å². The molecule has 0 bridgehead atoms. The number of alkyl halides is 1. The van der Waals surface area contributed by atoms with Crippen molar-refractivity contribution in [3.05, 3.63) is 34.5 Å². The van der Waals surface area contributed by atoms with Crippen LogP contribution in [0.2, 0.25) is 5.02 Å². The summed E-state index contributed by atoms with van der Waals surface area (Å²) in [5.74, 6) is 0.587. The molecular formula is C19H20ClFN6O2. The van der Waals surface area contributed by atoms with Crippen molar-refractivity contribution in [3.63, 3.8) is 0 Å². The van der Waals surface area contributed by atoms with Gasteiger partial charge in [0.2, 0.25) is 5.95 Å². The molecule has 2 heterocycles. The standard InChI is InChI=1S/C19H20ClFN6O2/c1-3-23-17-11(8-22)9-24-19(26-17)25-15-7-16(29-2)13(6-14(15)20)18(28)27-5-4-12(21)10-27/h6-7,9,12H,3-5,10H2,1-2H3,(H2,23,24,25,26)/t12-/m0/s1. The third-order valence-electron chi connectivity index (χ3n) is 4.44. The summed E-state index contributed by atoms with van der Waals surface area (Å²) in [5.41, 5.74) is 1.00. The average molecular weight is 419 g/mol. The maximum Gasteiger partial charge on any atom is 0.257 e. The zero-order chi connectivity index (χ0) is 21.0. The van der Waals surface area contributed by atoms with Crippen LogP contribution in [-0.2, 0) is 0 Å². The maximum atomic E-state index is 13.5. The molecule has 1 fully saturated rings. The Morgan fingerprint density at radius 2 is 2.31 bits per heavy atom. The molecule has 0 radical (unpaired) electrons. The Morgan fingerprint density at radius 3 is 2.93 bits per heavy atom. The van der Waals surface area contributed by atoms with Crippen molar-refractivity contribution >= 4 is 35.0 Å². The molecule has 152 valence electrons. The van der Waals surface area contributed by atoms with E-state index in [1.807, 2.05) is 13.0 Å². The molecule has 1 aliphatic heterocycles. The van der Waals surface area contributed by atoms with Gasteiger partial charge in [-0.25, -0.2) is 9.37 Å². The van der Waals surface area contributed by atoms with Crippen LogP contribution in [0.4, 0.5) is 21.8 Å². The first-order valence-electron chi connectivity index (χ1n) is 9.05. The van der Waals surface area contributed by atoms with Crippen molar-refractivity contribution in [2.24, 2.45) is 0 Å². The van der Waals surface area contributed by atoms with Crippen molar-refractivity contribution in [1.29, 1.82) is 5.26 Å². The second-order valence-electron chi connectivity index (χ2n) is 6.39. The minimum Gasteiger partial charge on any atom is -0.496 e. The number of ether oxygens (including phenoxy) is 1. The lowest BCUT2D eigenvalue weighted by Crippen LogP contribution is -2.29. The number of amides is 1. The Kier molecular flexibility index (Phi) is 6.34. The molecule has 1 aromatic carbocycles. The van der Waals surface area contributed by atoms with Gasteiger partial charge in [-0.1, -0.05) is 11.6 Å². The minimum absolute atomic E-state index is 0.0614. The summed E-state index contributed by atoms with van der Waals surface area (Å²) in [5, 5.41) is 15.4. The van der Waals surface area contributed by atoms with Crippen molar-refractivity contribution < 1.29 is 13.9 Å². The molecule has 1 amide bonds. The Morgan fingerprint density at radius 1 is 1.52 bits per heavy atom. The Bertz CT molecular complexity index is 964. The fourth-order valence-corrected chi connectivity index (χ4v) is 3.22. The molecule has 8 nitrogen and oxygen atoms in total. The lowest BCUT2D eigenvalue weighted by molar-refractivity contribution is 0.0779. The molecule has 29 heavy (non-hydrogen) atoms. The second kappa shape index (κ2) is 8.92. The number of hydrogen-bond acceptors (Lipinski definition) is 7. The van der Waals surface area contributed by atoms with E-state index in [0.717, 1.165) is 0 Å². The third-order valence-corrected chi connectivity index (χ3v) is 4.75. The normalized spacial score (nSPS) is 15.7. The quantitative estimate of drug-likeness (QED) is 0.741. The van der Waals surface area contributed by atoms with Crippen LogP contribution in [-0.4, -0.2) is 53.7 Å². The first-order chi connectivity index (χ1) is 14.0. The van der Waals surface area contributed by atoms with Crippen molar-refractivity contribution in [2.75, 3.05) is 37.4 Å². The van der Waals surface area contributed by atoms with Crippen LogP contribution in [0, 0.1) is 11.3 Å². The van der Waals surface area contributed by atoms with Gasteiger partial charge in [-0.05, 0) is 19.4 Å². The summed E-state index contributed by atoms with van der Waals surface area (Å²) in [6, 6.07) is 5.06. The minimum atomic E-state index is -1.01. The molecule has 0 unspecified atom stereocenters. The lowest BCUT2D eigenvalue weighted by atomic mass is 10.1. The number of anilines is 3. The van der Waals surface area contributed by atoms with Crippen LogP contribution in [0.3, 0.4) is 0 Å². The monoisotopic (exact) mass is 418 g/mol. The molecule has 10 heteroatoms. The van der Waals surface area contributed by atoms with E-state index in [1.165, 1.54) is 24.3 Å². The molecule has 1 aliphatic rings. The fraction of sp³-hybridized carbons (Fsp3) is 0.368. The molecule has 3 rings (SSSR count). The molecule has 1 atom stereocenters. The largest absolute Gasteiger partial charge is 0.496 e. The Hall–Kier alpha value is -3.12. The highest BCUT2D eigenvalue weighted by molar-refractivity contribution is 6.33. The number of likely N-dealkylation sites (tertiary alicyclic amines) is 1. The molecule has 2 N–H and O–H groups in total. The number of rotatable bonds is 6. The number of benzene rings is 1. The van der Waals surface area contributed by atoms with E-state index >= 15 is 0 Å². The summed E-state index contributed by atoms with van der Waals surface area (Å²) >= 11 is 6.36. The van der Waals surface area contributed by atoms with Gasteiger partial charge >= 0.3 is 0 Å². The van der Waals surface area contributed by atoms with Crippen LogP contribution in [0.15, 0.2) is 18.3 Å². The van der Waals surface area contributed by atoms with E-state index in [2.05, 4.69) is 20.6 Å². The molecule has 1 aromatic heterocycles. The van der Waals surface area contributed by atoms with Crippen LogP contribution in [0.25, 0.3) is 0 Å². The number of carbonyl (C=O) groups is 1. The van der Waals surface area contributed by atoms with Gasteiger partial charge in [0.25, 0.3) is 5.91 Å². The van der Waals surface area contributed by atoms with Gasteiger partial charge in [0.1, 0.15) is 29.4 Å². The number of nitrogens with one attached hydrogen (secondary N) is 2. The van der Waals surface area contributed by atoms with Gasteiger partial charge in [0, 0.05) is 19.2 Å². The predicted molar refractivity (Wildman–Crippen MR) is 108 cm³/mol. The van der Waals surface area contributed by atoms with Crippen molar-refractivity contribution in [3.8, 4) is 11.8 Å². The molecule has 0 spiro atoms. The summed E-state index contributed by atoms with van der Waals surface area (Å²) < 4.78 is 18.8. The smallest absolute Gasteiger partial charge is 0.257 e. The number of methoxy groups -OCH3 is 1. The van der Waals surface area contributed by atoms with E-state index < -0.39 is 6.17 Å². The fourth-order valence-electron chi connectivity index (χ4n) is 3.00. The van der Waals surface area contributed by atoms with Gasteiger partial charge < -0.3 is 20.3 Å². The number of aromatic nitrogens is 2. The van der Waals surface area contributed by atoms with E-state index in [1.54, 1.807) is 6.07 Å². The van der Waals surface area contributed by atoms with Gasteiger partial charge in [-0.3, -0.25) is 4.79 Å². The third kappa shape index (κ3) is 4.49. The highest BCUT2D eigenvalue weighted by atomic mass is 35.5. The Labute approximate surface area is 172 Å². The SMILES string of the molecule is CCNc1nc(Nc2cc(OC)c(C(=O)N3CC[C@H](F)C3)cc2Cl)ncc1C#N. The van der Waals surface area contributed by atoms with Crippen LogP contribution < -0.4 is 15.4 Å². The number of hydrogen-bond donors (Lipinski definition) is 2. The van der Waals surface area contributed by atoms with Gasteiger partial charge in [-0.15, -0.1) is 0 Å². The van der Waals surface area contributed by atoms with E-state index in [9.17, 15) is 9.18 Å². The zero-order valence-corrected chi connectivity index (χ0v) is 16.8. The number of halogens is 2. The van der Waals surface area contributed by atoms with Crippen molar-refractivity contribution in [1.82, 2.24) is 14.9 Å². The Balaban J connectivity index is 1.89. The van der Waals surface area contributed by atoms with Gasteiger partial charge in [-0.2, -0.15) is 10.2 Å². The summed E-state index contributed by atoms with van der Waals surface area (Å²) in [7, 11) is 1.44. The first-order valence-corrected chi connectivity index (χ1v) is 9.43. The lowest BCUT2D eigenvalue weighted by Gasteiger charge is -2.18. The van der Waals surface area contributed by atoms with E-state index in [-0.39, 0.29) is 29.0 Å². The summed E-state index contributed by atoms with van der Waals surface area (Å²) in [6.45, 7) is 2.89. The zero-order valence-electron chi connectivity index (χ0n) is 16.0. The molecule has 1 saturated heterocycles. The molecule has 2 aromatic rings. The number of carbonyl (C=O) groups excluding carboxylic acids is 1. The summed E-state index contributed by atoms with van der Waals surface area (Å²) in [6.07, 6.45) is 0.712. The number of nitrogens with zero attached hydrogens (tertiary/aromatic N) is 4. The topological polar surface area (TPSA) is 103 Å². The molecule has 0 saturated carbocycles. The highest BCUT2D eigenvalue weighted by Crippen LogP contribution is 2.34. The molecule has 0 aliphatic carbocycles. The van der Waals surface area contributed by atoms with Crippen LogP contribution >= 0.6 is 11.6 Å². The maximum absolute atomic E-state index is 13.5. The van der Waals surface area contributed by atoms with Crippen molar-refractivity contribution in [2.45, 2.75) is 19.5 Å². The van der Waals surface area contributed by atoms with Crippen LogP contribution in [0.1, 0.15) is 29.3 Å². The first kappa shape index (κ1) is 20.6. The average Bonchev–Trinajstić information content (AvgIpc) is 3.15. The predicted octanol–water partition coefficient (Wildman–Crippen LogP) is 3.37. The van der Waals surface area contributed by atoms with Crippen LogP contribution in [0.5, 0.6) is 5.75 Å². The second-order valence-corrected chi connectivity index (χ2v) is 6.80. The summed E-state index contributed by atoms with van der Waals surface area (Å²) in [4.78, 5) is 22.6. The highest BCUT2D eigenvalue weighted by Gasteiger charge is 2.29. The molecular weight excluding hydrogens is 399 g/mol.